The van der Waals surface area contributed by atoms with Crippen molar-refractivity contribution in [2.75, 3.05) is 24.6 Å². The highest BCUT2D eigenvalue weighted by Crippen LogP contribution is 2.27. The molecule has 1 N–H and O–H groups in total. The summed E-state index contributed by atoms with van der Waals surface area (Å²) in [4.78, 5) is 29.0. The van der Waals surface area contributed by atoms with Gasteiger partial charge < -0.3 is 19.7 Å². The van der Waals surface area contributed by atoms with Gasteiger partial charge in [0.1, 0.15) is 24.1 Å². The molecule has 1 atom stereocenters. The Morgan fingerprint density at radius 3 is 2.28 bits per heavy atom. The number of anilines is 1. The number of nitrogens with zero attached hydrogens (tertiary/aromatic N) is 2. The zero-order valence-corrected chi connectivity index (χ0v) is 26.1. The molecule has 1 saturated carbocycles. The van der Waals surface area contributed by atoms with E-state index in [0.29, 0.717) is 23.8 Å². The number of amides is 2. The van der Waals surface area contributed by atoms with Crippen LogP contribution in [0.3, 0.4) is 0 Å². The van der Waals surface area contributed by atoms with Crippen molar-refractivity contribution in [1.29, 1.82) is 0 Å². The van der Waals surface area contributed by atoms with Gasteiger partial charge in [0.15, 0.2) is 0 Å². The Balaban J connectivity index is 1.68. The Bertz CT molecular complexity index is 1490. The molecule has 230 valence electrons. The van der Waals surface area contributed by atoms with Crippen LogP contribution in [0.1, 0.15) is 50.7 Å². The van der Waals surface area contributed by atoms with Crippen LogP contribution in [-0.2, 0) is 26.2 Å². The summed E-state index contributed by atoms with van der Waals surface area (Å²) in [5.74, 6) is 0.393. The minimum Gasteiger partial charge on any atom is -0.497 e. The second-order valence-electron chi connectivity index (χ2n) is 10.8. The number of carbonyl (C=O) groups excluding carboxylic acids is 2. The summed E-state index contributed by atoms with van der Waals surface area (Å²) in [6, 6.07) is 19.6. The van der Waals surface area contributed by atoms with Gasteiger partial charge in [0.25, 0.3) is 10.0 Å². The van der Waals surface area contributed by atoms with E-state index in [2.05, 4.69) is 5.32 Å². The van der Waals surface area contributed by atoms with Crippen molar-refractivity contribution in [2.45, 2.75) is 70.0 Å². The first kappa shape index (κ1) is 31.9. The molecule has 0 unspecified atom stereocenters. The van der Waals surface area contributed by atoms with Crippen LogP contribution in [0.15, 0.2) is 77.7 Å². The lowest BCUT2D eigenvalue weighted by atomic mass is 10.1. The van der Waals surface area contributed by atoms with Gasteiger partial charge >= 0.3 is 0 Å². The third kappa shape index (κ3) is 8.07. The standard InChI is InChI=1S/C33H41N3O6S/c1-5-42-29-17-19-31(20-18-29)43(39,40)36(28-15-13-24(2)14-16-28)23-32(37)35(22-26-9-8-12-30(21-26)41-4)25(3)33(38)34-27-10-6-7-11-27/h8-9,12-21,25,27H,5-7,10-11,22-23H2,1-4H3,(H,34,38)/t25-/m1/s1. The van der Waals surface area contributed by atoms with E-state index in [1.807, 2.05) is 26.0 Å². The lowest BCUT2D eigenvalue weighted by molar-refractivity contribution is -0.139. The fourth-order valence-electron chi connectivity index (χ4n) is 5.18. The second-order valence-corrected chi connectivity index (χ2v) is 12.7. The molecule has 4 rings (SSSR count). The molecule has 0 radical (unpaired) electrons. The highest BCUT2D eigenvalue weighted by atomic mass is 32.2. The van der Waals surface area contributed by atoms with Gasteiger partial charge in [0, 0.05) is 12.6 Å². The van der Waals surface area contributed by atoms with Crippen LogP contribution >= 0.6 is 0 Å². The van der Waals surface area contributed by atoms with Crippen molar-refractivity contribution < 1.29 is 27.5 Å². The zero-order valence-electron chi connectivity index (χ0n) is 25.3. The van der Waals surface area contributed by atoms with Gasteiger partial charge in [-0.05, 0) is 87.7 Å². The van der Waals surface area contributed by atoms with Gasteiger partial charge in [-0.25, -0.2) is 8.42 Å². The first-order valence-electron chi connectivity index (χ1n) is 14.7. The van der Waals surface area contributed by atoms with Gasteiger partial charge in [-0.3, -0.25) is 13.9 Å². The monoisotopic (exact) mass is 607 g/mol. The van der Waals surface area contributed by atoms with Gasteiger partial charge in [0.2, 0.25) is 11.8 Å². The highest BCUT2D eigenvalue weighted by Gasteiger charge is 2.33. The van der Waals surface area contributed by atoms with Crippen LogP contribution in [0.5, 0.6) is 11.5 Å². The SMILES string of the molecule is CCOc1ccc(S(=O)(=O)N(CC(=O)N(Cc2cccc(OC)c2)[C@H](C)C(=O)NC2CCCC2)c2ccc(C)cc2)cc1. The van der Waals surface area contributed by atoms with Gasteiger partial charge in [-0.1, -0.05) is 42.7 Å². The molecule has 1 fully saturated rings. The topological polar surface area (TPSA) is 105 Å². The highest BCUT2D eigenvalue weighted by molar-refractivity contribution is 7.92. The van der Waals surface area contributed by atoms with E-state index in [4.69, 9.17) is 9.47 Å². The third-order valence-electron chi connectivity index (χ3n) is 7.68. The minimum absolute atomic E-state index is 0.0238. The maximum Gasteiger partial charge on any atom is 0.264 e. The van der Waals surface area contributed by atoms with Crippen molar-refractivity contribution in [2.24, 2.45) is 0 Å². The summed E-state index contributed by atoms with van der Waals surface area (Å²) in [6.07, 6.45) is 3.93. The predicted octanol–water partition coefficient (Wildman–Crippen LogP) is 5.07. The summed E-state index contributed by atoms with van der Waals surface area (Å²) in [5.41, 5.74) is 2.05. The van der Waals surface area contributed by atoms with Gasteiger partial charge in [0.05, 0.1) is 24.3 Å². The number of rotatable bonds is 13. The van der Waals surface area contributed by atoms with E-state index >= 15 is 0 Å². The molecule has 3 aromatic carbocycles. The first-order chi connectivity index (χ1) is 20.6. The smallest absolute Gasteiger partial charge is 0.264 e. The fraction of sp³-hybridized carbons (Fsp3) is 0.394. The van der Waals surface area contributed by atoms with E-state index in [-0.39, 0.29) is 23.4 Å². The summed E-state index contributed by atoms with van der Waals surface area (Å²) >= 11 is 0. The molecular weight excluding hydrogens is 566 g/mol. The summed E-state index contributed by atoms with van der Waals surface area (Å²) in [5, 5.41) is 3.08. The molecule has 0 aromatic heterocycles. The number of hydrogen-bond donors (Lipinski definition) is 1. The van der Waals surface area contributed by atoms with Gasteiger partial charge in [-0.2, -0.15) is 0 Å². The van der Waals surface area contributed by atoms with Crippen LogP contribution in [0, 0.1) is 6.92 Å². The van der Waals surface area contributed by atoms with Crippen LogP contribution in [0.4, 0.5) is 5.69 Å². The number of nitrogens with one attached hydrogen (secondary N) is 1. The number of hydrogen-bond acceptors (Lipinski definition) is 6. The molecule has 9 nitrogen and oxygen atoms in total. The van der Waals surface area contributed by atoms with Crippen LogP contribution in [-0.4, -0.2) is 57.5 Å². The van der Waals surface area contributed by atoms with Crippen molar-refractivity contribution in [1.82, 2.24) is 10.2 Å². The Morgan fingerprint density at radius 2 is 1.65 bits per heavy atom. The molecular formula is C33H41N3O6S. The largest absolute Gasteiger partial charge is 0.497 e. The number of carbonyl (C=O) groups is 2. The van der Waals surface area contributed by atoms with Crippen molar-refractivity contribution in [3.8, 4) is 11.5 Å². The maximum atomic E-state index is 14.1. The second kappa shape index (κ2) is 14.4. The molecule has 0 saturated heterocycles. The number of benzene rings is 3. The lowest BCUT2D eigenvalue weighted by Gasteiger charge is -2.32. The average molecular weight is 608 g/mol. The van der Waals surface area contributed by atoms with Crippen LogP contribution < -0.4 is 19.1 Å². The predicted molar refractivity (Wildman–Crippen MR) is 167 cm³/mol. The van der Waals surface area contributed by atoms with Crippen molar-refractivity contribution in [3.63, 3.8) is 0 Å². The van der Waals surface area contributed by atoms with Crippen LogP contribution in [0.2, 0.25) is 0 Å². The molecule has 0 spiro atoms. The minimum atomic E-state index is -4.17. The Hall–Kier alpha value is -4.05. The van der Waals surface area contributed by atoms with E-state index in [1.165, 1.54) is 17.0 Å². The molecule has 1 aliphatic carbocycles. The summed E-state index contributed by atoms with van der Waals surface area (Å²) in [6.45, 7) is 5.48. The fourth-order valence-corrected chi connectivity index (χ4v) is 6.60. The molecule has 0 aliphatic heterocycles. The van der Waals surface area contributed by atoms with Crippen molar-refractivity contribution >= 4 is 27.5 Å². The Kier molecular flexibility index (Phi) is 10.7. The summed E-state index contributed by atoms with van der Waals surface area (Å²) in [7, 11) is -2.61. The Morgan fingerprint density at radius 1 is 0.977 bits per heavy atom. The van der Waals surface area contributed by atoms with Crippen molar-refractivity contribution in [3.05, 3.63) is 83.9 Å². The molecule has 0 bridgehead atoms. The lowest BCUT2D eigenvalue weighted by Crippen LogP contribution is -2.52. The molecule has 0 heterocycles. The molecule has 1 aliphatic rings. The number of sulfonamides is 1. The van der Waals surface area contributed by atoms with Crippen LogP contribution in [0.25, 0.3) is 0 Å². The molecule has 43 heavy (non-hydrogen) atoms. The van der Waals surface area contributed by atoms with E-state index in [9.17, 15) is 18.0 Å². The number of ether oxygens (including phenoxy) is 2. The molecule has 10 heteroatoms. The number of aryl methyl sites for hydroxylation is 1. The van der Waals surface area contributed by atoms with E-state index in [1.54, 1.807) is 62.6 Å². The maximum absolute atomic E-state index is 14.1. The van der Waals surface area contributed by atoms with Gasteiger partial charge in [-0.15, -0.1) is 0 Å². The average Bonchev–Trinajstić information content (AvgIpc) is 3.52. The first-order valence-corrected chi connectivity index (χ1v) is 16.1. The molecule has 2 amide bonds. The Labute approximate surface area is 254 Å². The third-order valence-corrected chi connectivity index (χ3v) is 9.47. The summed E-state index contributed by atoms with van der Waals surface area (Å²) < 4.78 is 40.0. The van der Waals surface area contributed by atoms with E-state index in [0.717, 1.165) is 41.1 Å². The quantitative estimate of drug-likeness (QED) is 0.291. The number of methoxy groups -OCH3 is 1. The normalized spacial score (nSPS) is 14.1. The molecule has 3 aromatic rings. The zero-order chi connectivity index (χ0) is 31.0. The van der Waals surface area contributed by atoms with E-state index < -0.39 is 28.5 Å².